The molecule has 50 valence electrons. The molecule has 18 radical (unpaired) electrons. The molecule has 0 bridgehead atoms. The first kappa shape index (κ1) is 13.0. The molecule has 11 heavy (non-hydrogen) atoms. The molecule has 0 spiro atoms. The third kappa shape index (κ3) is 3.67. The smallest absolute Gasteiger partial charge is 0.0148 e. The second-order valence-electron chi connectivity index (χ2n) is 1.88. The van der Waals surface area contributed by atoms with Crippen LogP contribution in [-0.2, 0) is 0 Å². The van der Waals surface area contributed by atoms with Gasteiger partial charge in [-0.15, -0.1) is 0 Å². The summed E-state index contributed by atoms with van der Waals surface area (Å²) in [6.07, 6.45) is -0.936. The van der Waals surface area contributed by atoms with Crippen molar-refractivity contribution in [1.29, 1.82) is 0 Å². The summed E-state index contributed by atoms with van der Waals surface area (Å²) in [5, 5.41) is 0. The molecule has 0 aliphatic rings. The summed E-state index contributed by atoms with van der Waals surface area (Å²) in [6.45, 7) is 4.72. The van der Waals surface area contributed by atoms with Crippen LogP contribution in [0.25, 0.3) is 0 Å². The lowest BCUT2D eigenvalue weighted by atomic mass is 11.9. The van der Waals surface area contributed by atoms with Gasteiger partial charge in [0, 0.05) is 78.0 Å². The zero-order valence-electron chi connectivity index (χ0n) is 6.50. The van der Waals surface area contributed by atoms with Crippen molar-refractivity contribution >= 4 is 78.0 Å². The van der Waals surface area contributed by atoms with Crippen LogP contribution in [0.1, 0.15) is 0 Å². The van der Waals surface area contributed by atoms with Crippen LogP contribution >= 0.6 is 0 Å². The van der Waals surface area contributed by atoms with E-state index in [2.05, 4.69) is 42.4 Å². The van der Waals surface area contributed by atoms with Crippen molar-refractivity contribution < 1.29 is 0 Å². The van der Waals surface area contributed by atoms with Gasteiger partial charge in [-0.05, 0) is 0 Å². The van der Waals surface area contributed by atoms with Crippen molar-refractivity contribution in [3.63, 3.8) is 0 Å². The van der Waals surface area contributed by atoms with Gasteiger partial charge in [0.15, 0.2) is 0 Å². The molecule has 0 amide bonds. The van der Waals surface area contributed by atoms with E-state index in [0.717, 1.165) is 35.2 Å². The van der Waals surface area contributed by atoms with Crippen molar-refractivity contribution in [2.75, 3.05) is 0 Å². The first-order chi connectivity index (χ1) is 5.14. The summed E-state index contributed by atoms with van der Waals surface area (Å²) < 4.78 is 0. The van der Waals surface area contributed by atoms with Gasteiger partial charge < -0.3 is 0 Å². The van der Waals surface area contributed by atoms with Crippen LogP contribution in [-0.4, -0.2) is 78.0 Å². The van der Waals surface area contributed by atoms with E-state index in [1.807, 2.05) is 0 Å². The van der Waals surface area contributed by atoms with E-state index in [-0.39, 0.29) is 7.35 Å². The Morgan fingerprint density at radius 1 is 1.09 bits per heavy atom. The topological polar surface area (TPSA) is 0 Å². The first-order valence-corrected chi connectivity index (χ1v) is 21.0. The molecule has 0 heterocycles. The molecule has 0 aliphatic heterocycles. The van der Waals surface area contributed by atoms with Gasteiger partial charge in [-0.2, -0.15) is 0 Å². The molecule has 0 aromatic carbocycles. The Bertz CT molecular complexity index is 93.7. The molecule has 0 atom stereocenters. The Labute approximate surface area is 90.6 Å². The SMILES string of the molecule is C[Si][Si]([Si])([Si]C)[Si]([Si][Si])[Si][Si]. The molecule has 0 unspecified atom stereocenters. The second-order valence-corrected chi connectivity index (χ2v) is 41.6. The zero-order chi connectivity index (χ0) is 8.91. The van der Waals surface area contributed by atoms with Crippen LogP contribution in [0.3, 0.4) is 0 Å². The normalized spacial score (nSPS) is 12.5. The van der Waals surface area contributed by atoms with Gasteiger partial charge in [-0.3, -0.25) is 0 Å². The molecule has 0 aromatic heterocycles. The highest BCUT2D eigenvalue weighted by Crippen LogP contribution is 1.96. The number of hydrogen-bond acceptors (Lipinski definition) is 0. The molecule has 0 saturated heterocycles. The summed E-state index contributed by atoms with van der Waals surface area (Å²) >= 11 is 0. The Morgan fingerprint density at radius 2 is 1.45 bits per heavy atom. The standard InChI is InChI=1S/C2H6Si9/c1-6-11(5,7-2)10(8-3)9-4/h1-2H3. The molecule has 0 aromatic rings. The number of rotatable bonds is 5. The highest BCUT2D eigenvalue weighted by molar-refractivity contribution is 8.02. The second kappa shape index (κ2) is 6.41. The molecule has 0 saturated carbocycles. The molecule has 0 N–H and O–H groups in total. The Balaban J connectivity index is 4.19. The lowest BCUT2D eigenvalue weighted by Gasteiger charge is -2.30. The Hall–Kier alpha value is 1.95. The van der Waals surface area contributed by atoms with Crippen molar-refractivity contribution in [2.45, 2.75) is 13.1 Å². The predicted molar refractivity (Wildman–Crippen MR) is 63.5 cm³/mol. The van der Waals surface area contributed by atoms with Crippen LogP contribution in [0, 0.1) is 0 Å². The van der Waals surface area contributed by atoms with E-state index in [9.17, 15) is 0 Å². The van der Waals surface area contributed by atoms with Gasteiger partial charge in [-0.25, -0.2) is 0 Å². The van der Waals surface area contributed by atoms with Crippen LogP contribution in [0.4, 0.5) is 0 Å². The maximum atomic E-state index is 4.08. The van der Waals surface area contributed by atoms with Crippen LogP contribution < -0.4 is 0 Å². The summed E-state index contributed by atoms with van der Waals surface area (Å²) in [4.78, 5) is 0. The molecule has 0 nitrogen and oxygen atoms in total. The van der Waals surface area contributed by atoms with E-state index >= 15 is 0 Å². The quantitative estimate of drug-likeness (QED) is 0.500. The third-order valence-electron chi connectivity index (χ3n) is 1.38. The van der Waals surface area contributed by atoms with Crippen molar-refractivity contribution in [1.82, 2.24) is 0 Å². The average molecular weight is 283 g/mol. The molecule has 9 heteroatoms. The highest BCUT2D eigenvalue weighted by atomic mass is 30.3. The fourth-order valence-corrected chi connectivity index (χ4v) is 76.8. The summed E-state index contributed by atoms with van der Waals surface area (Å²) in [5.41, 5.74) is 0. The maximum absolute atomic E-state index is 4.08. The summed E-state index contributed by atoms with van der Waals surface area (Å²) in [7, 11) is 15.7. The fraction of sp³-hybridized carbons (Fsp3) is 1.00. The average Bonchev–Trinajstić information content (AvgIpc) is 2.06. The van der Waals surface area contributed by atoms with E-state index in [0.29, 0.717) is 0 Å². The monoisotopic (exact) mass is 282 g/mol. The lowest BCUT2D eigenvalue weighted by Crippen LogP contribution is -2.67. The fourth-order valence-electron chi connectivity index (χ4n) is 0.594. The van der Waals surface area contributed by atoms with E-state index < -0.39 is 6.14 Å². The van der Waals surface area contributed by atoms with Gasteiger partial charge in [0.05, 0.1) is 0 Å². The minimum Gasteiger partial charge on any atom is -0.0761 e. The van der Waals surface area contributed by atoms with Gasteiger partial charge in [0.25, 0.3) is 0 Å². The summed E-state index contributed by atoms with van der Waals surface area (Å²) in [5.74, 6) is 0. The highest BCUT2D eigenvalue weighted by Gasteiger charge is 2.31. The lowest BCUT2D eigenvalue weighted by molar-refractivity contribution is 2.32. The minimum absolute atomic E-state index is 0.102. The molecule has 0 rings (SSSR count). The molecule has 0 fully saturated rings. The van der Waals surface area contributed by atoms with Gasteiger partial charge >= 0.3 is 0 Å². The zero-order valence-corrected chi connectivity index (χ0v) is 15.5. The number of hydrogen-bond donors (Lipinski definition) is 0. The van der Waals surface area contributed by atoms with Crippen LogP contribution in [0.5, 0.6) is 0 Å². The first-order valence-electron chi connectivity index (χ1n) is 3.00. The largest absolute Gasteiger partial charge is 0.0761 e. The summed E-state index contributed by atoms with van der Waals surface area (Å²) in [6, 6.07) is 0. The van der Waals surface area contributed by atoms with Gasteiger partial charge in [-0.1, -0.05) is 13.1 Å². The maximum Gasteiger partial charge on any atom is 0.0148 e. The van der Waals surface area contributed by atoms with Gasteiger partial charge in [0.1, 0.15) is 0 Å². The van der Waals surface area contributed by atoms with Gasteiger partial charge in [0.2, 0.25) is 0 Å². The van der Waals surface area contributed by atoms with E-state index in [4.69, 9.17) is 0 Å². The molecule has 0 aliphatic carbocycles. The van der Waals surface area contributed by atoms with Crippen molar-refractivity contribution in [3.05, 3.63) is 0 Å². The predicted octanol–water partition coefficient (Wildman–Crippen LogP) is -2.26. The molecular weight excluding hydrogens is 277 g/mol. The van der Waals surface area contributed by atoms with Crippen LogP contribution in [0.15, 0.2) is 0 Å². The van der Waals surface area contributed by atoms with Crippen molar-refractivity contribution in [3.8, 4) is 0 Å². The van der Waals surface area contributed by atoms with Crippen LogP contribution in [0.2, 0.25) is 13.1 Å². The third-order valence-corrected chi connectivity index (χ3v) is 70.9. The van der Waals surface area contributed by atoms with Crippen molar-refractivity contribution in [2.24, 2.45) is 0 Å². The Kier molecular flexibility index (Phi) is 7.55. The van der Waals surface area contributed by atoms with E-state index in [1.165, 1.54) is 0 Å². The van der Waals surface area contributed by atoms with E-state index in [1.54, 1.807) is 0 Å². The molecular formula is C2H6Si9. The Morgan fingerprint density at radius 3 is 1.55 bits per heavy atom. The minimum atomic E-state index is -0.936.